The van der Waals surface area contributed by atoms with Gasteiger partial charge in [0.25, 0.3) is 0 Å². The summed E-state index contributed by atoms with van der Waals surface area (Å²) in [6.07, 6.45) is 0.602. The number of rotatable bonds is 21. The van der Waals surface area contributed by atoms with Gasteiger partial charge in [-0.1, -0.05) is 26.3 Å². The molecule has 0 N–H and O–H groups in total. The molecule has 0 aliphatic carbocycles. The van der Waals surface area contributed by atoms with Crippen LogP contribution in [0.25, 0.3) is 0 Å². The summed E-state index contributed by atoms with van der Waals surface area (Å²) in [5.74, 6) is -3.67. The standard InChI is InChI=1S/C32H46O12/c1-21(2)27(35)41-17-31(9,18-42-28(36)22(3)4)15-39-25(33)13-11-12-14-26(34)40-16-32(10,19-43-29(37)23(5)6)20-44-30(38)24(7)8/h1,3,5,7,11-20H2,2,4,6,8-10H3. The Labute approximate surface area is 259 Å². The molecule has 0 unspecified atom stereocenters. The van der Waals surface area contributed by atoms with Crippen LogP contribution in [0.2, 0.25) is 0 Å². The molecule has 0 saturated carbocycles. The van der Waals surface area contributed by atoms with Crippen LogP contribution < -0.4 is 0 Å². The van der Waals surface area contributed by atoms with E-state index in [2.05, 4.69) is 26.3 Å². The lowest BCUT2D eigenvalue weighted by atomic mass is 9.94. The third kappa shape index (κ3) is 17.0. The van der Waals surface area contributed by atoms with Crippen LogP contribution in [0.1, 0.15) is 67.2 Å². The molecule has 0 fully saturated rings. The van der Waals surface area contributed by atoms with Crippen molar-refractivity contribution in [3.8, 4) is 0 Å². The van der Waals surface area contributed by atoms with Gasteiger partial charge in [0.05, 0.1) is 10.8 Å². The van der Waals surface area contributed by atoms with Crippen molar-refractivity contribution in [1.29, 1.82) is 0 Å². The zero-order chi connectivity index (χ0) is 34.1. The fraction of sp³-hybridized carbons (Fsp3) is 0.562. The third-order valence-corrected chi connectivity index (χ3v) is 5.78. The lowest BCUT2D eigenvalue weighted by Crippen LogP contribution is -2.37. The third-order valence-electron chi connectivity index (χ3n) is 5.78. The van der Waals surface area contributed by atoms with Crippen molar-refractivity contribution in [1.82, 2.24) is 0 Å². The molecule has 0 bridgehead atoms. The molecule has 0 amide bonds. The highest BCUT2D eigenvalue weighted by molar-refractivity contribution is 5.88. The molecule has 0 heterocycles. The largest absolute Gasteiger partial charge is 0.465 e. The predicted molar refractivity (Wildman–Crippen MR) is 160 cm³/mol. The second kappa shape index (κ2) is 19.1. The molecule has 12 heteroatoms. The van der Waals surface area contributed by atoms with E-state index in [0.29, 0.717) is 12.8 Å². The maximum atomic E-state index is 12.4. The van der Waals surface area contributed by atoms with Crippen molar-refractivity contribution in [2.45, 2.75) is 67.2 Å². The molecule has 44 heavy (non-hydrogen) atoms. The van der Waals surface area contributed by atoms with Crippen LogP contribution in [0.5, 0.6) is 0 Å². The first-order chi connectivity index (χ1) is 20.3. The van der Waals surface area contributed by atoms with Gasteiger partial charge in [-0.15, -0.1) is 0 Å². The molecular weight excluding hydrogens is 576 g/mol. The molecule has 246 valence electrons. The normalized spacial score (nSPS) is 11.0. The average Bonchev–Trinajstić information content (AvgIpc) is 2.96. The van der Waals surface area contributed by atoms with E-state index in [4.69, 9.17) is 28.4 Å². The molecule has 0 aliphatic rings. The first-order valence-electron chi connectivity index (χ1n) is 13.9. The van der Waals surface area contributed by atoms with E-state index < -0.39 is 46.6 Å². The van der Waals surface area contributed by atoms with E-state index in [1.165, 1.54) is 27.7 Å². The fourth-order valence-corrected chi connectivity index (χ4v) is 2.89. The highest BCUT2D eigenvalue weighted by Gasteiger charge is 2.32. The molecule has 0 saturated heterocycles. The Morgan fingerprint density at radius 3 is 0.841 bits per heavy atom. The summed E-state index contributed by atoms with van der Waals surface area (Å²) in [7, 11) is 0. The van der Waals surface area contributed by atoms with Crippen LogP contribution in [-0.4, -0.2) is 75.5 Å². The van der Waals surface area contributed by atoms with Gasteiger partial charge >= 0.3 is 35.8 Å². The molecule has 0 aromatic rings. The highest BCUT2D eigenvalue weighted by atomic mass is 16.6. The zero-order valence-corrected chi connectivity index (χ0v) is 26.8. The van der Waals surface area contributed by atoms with Gasteiger partial charge in [0, 0.05) is 35.1 Å². The number of hydrogen-bond donors (Lipinski definition) is 0. The van der Waals surface area contributed by atoms with Gasteiger partial charge in [0.1, 0.15) is 39.6 Å². The molecule has 12 nitrogen and oxygen atoms in total. The van der Waals surface area contributed by atoms with Gasteiger partial charge in [0.2, 0.25) is 0 Å². The van der Waals surface area contributed by atoms with Crippen molar-refractivity contribution in [2.75, 3.05) is 39.6 Å². The van der Waals surface area contributed by atoms with Crippen molar-refractivity contribution in [3.63, 3.8) is 0 Å². The minimum atomic E-state index is -1.03. The molecule has 0 rings (SSSR count). The topological polar surface area (TPSA) is 158 Å². The first kappa shape index (κ1) is 39.8. The highest BCUT2D eigenvalue weighted by Crippen LogP contribution is 2.22. The number of hydrogen-bond acceptors (Lipinski definition) is 12. The van der Waals surface area contributed by atoms with Gasteiger partial charge in [-0.25, -0.2) is 19.2 Å². The maximum absolute atomic E-state index is 12.4. The summed E-state index contributed by atoms with van der Waals surface area (Å²) < 4.78 is 31.4. The Kier molecular flexibility index (Phi) is 17.3. The van der Waals surface area contributed by atoms with Crippen LogP contribution >= 0.6 is 0 Å². The average molecular weight is 623 g/mol. The maximum Gasteiger partial charge on any atom is 0.333 e. The lowest BCUT2D eigenvalue weighted by Gasteiger charge is -2.28. The minimum Gasteiger partial charge on any atom is -0.465 e. The van der Waals surface area contributed by atoms with E-state index in [0.717, 1.165) is 0 Å². The Bertz CT molecular complexity index is 982. The van der Waals surface area contributed by atoms with Crippen LogP contribution in [0.3, 0.4) is 0 Å². The Morgan fingerprint density at radius 2 is 0.636 bits per heavy atom. The van der Waals surface area contributed by atoms with E-state index in [-0.39, 0.29) is 74.8 Å². The van der Waals surface area contributed by atoms with E-state index in [1.807, 2.05) is 0 Å². The number of unbranched alkanes of at least 4 members (excludes halogenated alkanes) is 1. The van der Waals surface area contributed by atoms with Crippen LogP contribution in [-0.2, 0) is 57.2 Å². The second-order valence-electron chi connectivity index (χ2n) is 11.6. The van der Waals surface area contributed by atoms with Gasteiger partial charge in [-0.2, -0.15) is 0 Å². The lowest BCUT2D eigenvalue weighted by molar-refractivity contribution is -0.160. The summed E-state index contributed by atoms with van der Waals surface area (Å²) in [5.41, 5.74) is -1.32. The minimum absolute atomic E-state index is 0.00804. The molecule has 0 radical (unpaired) electrons. The van der Waals surface area contributed by atoms with Crippen LogP contribution in [0, 0.1) is 10.8 Å². The molecule has 0 aromatic heterocycles. The zero-order valence-electron chi connectivity index (χ0n) is 26.8. The van der Waals surface area contributed by atoms with Gasteiger partial charge in [0.15, 0.2) is 0 Å². The van der Waals surface area contributed by atoms with Crippen molar-refractivity contribution in [2.24, 2.45) is 10.8 Å². The monoisotopic (exact) mass is 622 g/mol. The van der Waals surface area contributed by atoms with Crippen LogP contribution in [0.4, 0.5) is 0 Å². The van der Waals surface area contributed by atoms with E-state index >= 15 is 0 Å². The number of carbonyl (C=O) groups excluding carboxylic acids is 6. The van der Waals surface area contributed by atoms with Gasteiger partial charge in [-0.3, -0.25) is 9.59 Å². The SMILES string of the molecule is C=C(C)C(=O)OCC(C)(COC(=O)CCCCC(=O)OCC(C)(COC(=O)C(=C)C)COC(=O)C(=C)C)COC(=O)C(=C)C. The van der Waals surface area contributed by atoms with E-state index in [1.54, 1.807) is 13.8 Å². The summed E-state index contributed by atoms with van der Waals surface area (Å²) in [6, 6.07) is 0. The number of carbonyl (C=O) groups is 6. The summed E-state index contributed by atoms with van der Waals surface area (Å²) >= 11 is 0. The van der Waals surface area contributed by atoms with Gasteiger partial charge < -0.3 is 28.4 Å². The fourth-order valence-electron chi connectivity index (χ4n) is 2.89. The Morgan fingerprint density at radius 1 is 0.432 bits per heavy atom. The number of ether oxygens (including phenoxy) is 6. The van der Waals surface area contributed by atoms with Crippen LogP contribution in [0.15, 0.2) is 48.6 Å². The molecule has 0 aliphatic heterocycles. The first-order valence-corrected chi connectivity index (χ1v) is 13.9. The molecule has 0 spiro atoms. The number of esters is 6. The molecule has 0 aromatic carbocycles. The predicted octanol–water partition coefficient (Wildman–Crippen LogP) is 4.12. The quantitative estimate of drug-likeness (QED) is 0.0781. The Balaban J connectivity index is 4.85. The molecular formula is C32H46O12. The van der Waals surface area contributed by atoms with Crippen molar-refractivity contribution in [3.05, 3.63) is 48.6 Å². The smallest absolute Gasteiger partial charge is 0.333 e. The second-order valence-corrected chi connectivity index (χ2v) is 11.6. The van der Waals surface area contributed by atoms with Gasteiger partial charge in [-0.05, 0) is 54.4 Å². The summed E-state index contributed by atoms with van der Waals surface area (Å²) in [6.45, 7) is 22.1. The van der Waals surface area contributed by atoms with Crippen molar-refractivity contribution >= 4 is 35.8 Å². The Hall–Kier alpha value is -4.22. The van der Waals surface area contributed by atoms with Crippen molar-refractivity contribution < 1.29 is 57.2 Å². The van der Waals surface area contributed by atoms with E-state index in [9.17, 15) is 28.8 Å². The molecule has 0 atom stereocenters. The summed E-state index contributed by atoms with van der Waals surface area (Å²) in [5, 5.41) is 0. The summed E-state index contributed by atoms with van der Waals surface area (Å²) in [4.78, 5) is 72.1.